The van der Waals surface area contributed by atoms with Crippen molar-refractivity contribution in [3.05, 3.63) is 60.4 Å². The second kappa shape index (κ2) is 5.27. The van der Waals surface area contributed by atoms with Gasteiger partial charge in [0, 0.05) is 28.2 Å². The highest BCUT2D eigenvalue weighted by atomic mass is 16.1. The van der Waals surface area contributed by atoms with Crippen LogP contribution in [-0.4, -0.2) is 15.9 Å². The molecule has 0 saturated carbocycles. The van der Waals surface area contributed by atoms with Gasteiger partial charge in [0.25, 0.3) is 5.91 Å². The third-order valence-electron chi connectivity index (χ3n) is 4.04. The number of aromatic nitrogens is 2. The van der Waals surface area contributed by atoms with Gasteiger partial charge < -0.3 is 21.8 Å². The molecule has 2 aromatic heterocycles. The Morgan fingerprint density at radius 3 is 2.79 bits per heavy atom. The third-order valence-corrected chi connectivity index (χ3v) is 4.04. The number of carbonyl (C=O) groups is 1. The molecule has 4 rings (SSSR count). The summed E-state index contributed by atoms with van der Waals surface area (Å²) in [5.74, 6) is -0.291. The van der Waals surface area contributed by atoms with Gasteiger partial charge >= 0.3 is 0 Å². The van der Waals surface area contributed by atoms with Crippen molar-refractivity contribution in [3.63, 3.8) is 0 Å². The molecule has 24 heavy (non-hydrogen) atoms. The number of nitrogens with two attached hydrogens (primary N) is 2. The minimum absolute atomic E-state index is 0.286. The zero-order chi connectivity index (χ0) is 16.7. The average molecular weight is 317 g/mol. The van der Waals surface area contributed by atoms with Crippen LogP contribution in [0.3, 0.4) is 0 Å². The number of pyridine rings is 1. The van der Waals surface area contributed by atoms with Crippen molar-refractivity contribution in [3.8, 4) is 0 Å². The number of hydrogen-bond acceptors (Lipinski definition) is 4. The Balaban J connectivity index is 1.73. The number of nitrogens with one attached hydrogen (secondary N) is 2. The van der Waals surface area contributed by atoms with Crippen LogP contribution in [0.25, 0.3) is 21.8 Å². The molecule has 6 N–H and O–H groups in total. The van der Waals surface area contributed by atoms with Crippen LogP contribution in [0.2, 0.25) is 0 Å². The maximum absolute atomic E-state index is 12.5. The summed E-state index contributed by atoms with van der Waals surface area (Å²) in [5.41, 5.74) is 15.3. The molecule has 2 heterocycles. The highest BCUT2D eigenvalue weighted by Crippen LogP contribution is 2.28. The third kappa shape index (κ3) is 2.21. The summed E-state index contributed by atoms with van der Waals surface area (Å²) >= 11 is 0. The van der Waals surface area contributed by atoms with E-state index in [1.54, 1.807) is 30.6 Å². The second-order valence-corrected chi connectivity index (χ2v) is 5.57. The number of hydrogen-bond donors (Lipinski definition) is 4. The van der Waals surface area contributed by atoms with Gasteiger partial charge in [0.1, 0.15) is 0 Å². The largest absolute Gasteiger partial charge is 0.397 e. The molecule has 2 aromatic carbocycles. The maximum Gasteiger partial charge on any atom is 0.257 e. The van der Waals surface area contributed by atoms with Crippen molar-refractivity contribution < 1.29 is 4.79 Å². The van der Waals surface area contributed by atoms with Crippen LogP contribution in [0.1, 0.15) is 10.4 Å². The topological polar surface area (TPSA) is 110 Å². The Labute approximate surface area is 137 Å². The number of nitrogens with zero attached hydrogens (tertiary/aromatic N) is 1. The van der Waals surface area contributed by atoms with Gasteiger partial charge in [0.15, 0.2) is 0 Å². The number of benzene rings is 2. The molecule has 0 spiro atoms. The van der Waals surface area contributed by atoms with Crippen molar-refractivity contribution in [2.24, 2.45) is 0 Å². The molecule has 0 aliphatic heterocycles. The predicted octanol–water partition coefficient (Wildman–Crippen LogP) is 3.13. The molecule has 0 fully saturated rings. The molecular formula is C18H15N5O. The fourth-order valence-electron chi connectivity index (χ4n) is 2.81. The van der Waals surface area contributed by atoms with Crippen molar-refractivity contribution in [2.45, 2.75) is 0 Å². The quantitative estimate of drug-likeness (QED) is 0.426. The smallest absolute Gasteiger partial charge is 0.257 e. The molecule has 0 unspecified atom stereocenters. The van der Waals surface area contributed by atoms with E-state index in [9.17, 15) is 4.79 Å². The summed E-state index contributed by atoms with van der Waals surface area (Å²) in [6.07, 6.45) is 3.52. The van der Waals surface area contributed by atoms with E-state index in [1.807, 2.05) is 24.3 Å². The lowest BCUT2D eigenvalue weighted by atomic mass is 10.1. The normalized spacial score (nSPS) is 11.0. The average Bonchev–Trinajstić information content (AvgIpc) is 2.95. The maximum atomic E-state index is 12.5. The summed E-state index contributed by atoms with van der Waals surface area (Å²) in [7, 11) is 0. The van der Waals surface area contributed by atoms with E-state index in [-0.39, 0.29) is 11.6 Å². The summed E-state index contributed by atoms with van der Waals surface area (Å²) in [6.45, 7) is 0. The molecule has 0 bridgehead atoms. The highest BCUT2D eigenvalue weighted by Gasteiger charge is 2.12. The number of anilines is 3. The van der Waals surface area contributed by atoms with Gasteiger partial charge in [0.05, 0.1) is 28.7 Å². The van der Waals surface area contributed by atoms with Crippen LogP contribution in [0.4, 0.5) is 17.1 Å². The van der Waals surface area contributed by atoms with Crippen LogP contribution in [-0.2, 0) is 0 Å². The van der Waals surface area contributed by atoms with Gasteiger partial charge in [-0.3, -0.25) is 9.78 Å². The fraction of sp³-hybridized carbons (Fsp3) is 0. The van der Waals surface area contributed by atoms with Crippen LogP contribution >= 0.6 is 0 Å². The van der Waals surface area contributed by atoms with Gasteiger partial charge in [-0.2, -0.15) is 0 Å². The molecular weight excluding hydrogens is 302 g/mol. The first-order valence-corrected chi connectivity index (χ1v) is 7.44. The van der Waals surface area contributed by atoms with Crippen LogP contribution in [0, 0.1) is 0 Å². The summed E-state index contributed by atoms with van der Waals surface area (Å²) < 4.78 is 0. The Kier molecular flexibility index (Phi) is 3.09. The van der Waals surface area contributed by atoms with Gasteiger partial charge in [-0.05, 0) is 36.4 Å². The SMILES string of the molecule is Nc1cccc(C(=O)Nc2ccc3[nH]c4cnccc4c3c2)c1N. The number of rotatable bonds is 2. The zero-order valence-electron chi connectivity index (χ0n) is 12.7. The van der Waals surface area contributed by atoms with Crippen LogP contribution in [0.5, 0.6) is 0 Å². The Morgan fingerprint density at radius 1 is 1.04 bits per heavy atom. The van der Waals surface area contributed by atoms with Gasteiger partial charge in [-0.15, -0.1) is 0 Å². The number of H-pyrrole nitrogens is 1. The second-order valence-electron chi connectivity index (χ2n) is 5.57. The number of para-hydroxylation sites is 1. The zero-order valence-corrected chi connectivity index (χ0v) is 12.7. The molecule has 1 amide bonds. The van der Waals surface area contributed by atoms with Gasteiger partial charge in [-0.1, -0.05) is 6.07 Å². The van der Waals surface area contributed by atoms with Crippen molar-refractivity contribution >= 4 is 44.8 Å². The van der Waals surface area contributed by atoms with E-state index >= 15 is 0 Å². The van der Waals surface area contributed by atoms with Crippen LogP contribution < -0.4 is 16.8 Å². The van der Waals surface area contributed by atoms with Gasteiger partial charge in [0.2, 0.25) is 0 Å². The van der Waals surface area contributed by atoms with E-state index in [4.69, 9.17) is 11.5 Å². The molecule has 4 aromatic rings. The van der Waals surface area contributed by atoms with E-state index in [0.29, 0.717) is 16.9 Å². The first kappa shape index (κ1) is 14.1. The minimum Gasteiger partial charge on any atom is -0.397 e. The summed E-state index contributed by atoms with van der Waals surface area (Å²) in [4.78, 5) is 19.9. The van der Waals surface area contributed by atoms with E-state index in [2.05, 4.69) is 15.3 Å². The standard InChI is InChI=1S/C18H15N5O/c19-14-3-1-2-12(17(14)20)18(24)22-10-4-5-15-13(8-10)11-6-7-21-9-16(11)23-15/h1-9,23H,19-20H2,(H,22,24). The Morgan fingerprint density at radius 2 is 1.92 bits per heavy atom. The lowest BCUT2D eigenvalue weighted by Crippen LogP contribution is -2.14. The predicted molar refractivity (Wildman–Crippen MR) is 96.8 cm³/mol. The van der Waals surface area contributed by atoms with E-state index < -0.39 is 0 Å². The monoisotopic (exact) mass is 317 g/mol. The van der Waals surface area contributed by atoms with E-state index in [1.165, 1.54) is 0 Å². The molecule has 6 nitrogen and oxygen atoms in total. The first-order valence-electron chi connectivity index (χ1n) is 7.44. The summed E-state index contributed by atoms with van der Waals surface area (Å²) in [5, 5.41) is 4.94. The molecule has 0 atom stereocenters. The van der Waals surface area contributed by atoms with Crippen molar-refractivity contribution in [1.82, 2.24) is 9.97 Å². The number of aromatic amines is 1. The van der Waals surface area contributed by atoms with Gasteiger partial charge in [-0.25, -0.2) is 0 Å². The van der Waals surface area contributed by atoms with E-state index in [0.717, 1.165) is 21.8 Å². The Bertz CT molecular complexity index is 1080. The highest BCUT2D eigenvalue weighted by molar-refractivity contribution is 6.12. The lowest BCUT2D eigenvalue weighted by Gasteiger charge is -2.09. The molecule has 0 saturated heterocycles. The molecule has 0 aliphatic carbocycles. The minimum atomic E-state index is -0.291. The molecule has 118 valence electrons. The number of fused-ring (bicyclic) bond motifs is 3. The fourth-order valence-corrected chi connectivity index (χ4v) is 2.81. The van der Waals surface area contributed by atoms with Crippen molar-refractivity contribution in [1.29, 1.82) is 0 Å². The molecule has 0 aliphatic rings. The Hall–Kier alpha value is -3.54. The van der Waals surface area contributed by atoms with Crippen LogP contribution in [0.15, 0.2) is 54.9 Å². The number of amides is 1. The summed E-state index contributed by atoms with van der Waals surface area (Å²) in [6, 6.07) is 12.6. The number of nitrogen functional groups attached to an aromatic ring is 2. The van der Waals surface area contributed by atoms with Crippen molar-refractivity contribution in [2.75, 3.05) is 16.8 Å². The first-order chi connectivity index (χ1) is 11.6. The lowest BCUT2D eigenvalue weighted by molar-refractivity contribution is 0.102. The molecule has 6 heteroatoms. The number of carbonyl (C=O) groups excluding carboxylic acids is 1. The molecule has 0 radical (unpaired) electrons.